The Morgan fingerprint density at radius 2 is 2.11 bits per heavy atom. The monoisotopic (exact) mass is 328 g/mol. The standard InChI is InChI=1S/C13H17BrN2O3/c1-3-19-12(17)4-5-16-13(18)10-6-9(14)7-11(15)8(10)2/h6-7H,3-5,15H2,1-2H3,(H,16,18). The molecule has 1 rings (SSSR count). The van der Waals surface area contributed by atoms with Crippen molar-refractivity contribution in [3.8, 4) is 0 Å². The van der Waals surface area contributed by atoms with Crippen LogP contribution < -0.4 is 11.1 Å². The van der Waals surface area contributed by atoms with Gasteiger partial charge >= 0.3 is 5.97 Å². The number of carbonyl (C=O) groups is 2. The van der Waals surface area contributed by atoms with Gasteiger partial charge in [-0.15, -0.1) is 0 Å². The van der Waals surface area contributed by atoms with Gasteiger partial charge in [0.1, 0.15) is 0 Å². The van der Waals surface area contributed by atoms with Crippen molar-refractivity contribution in [2.75, 3.05) is 18.9 Å². The summed E-state index contributed by atoms with van der Waals surface area (Å²) >= 11 is 3.29. The van der Waals surface area contributed by atoms with Crippen molar-refractivity contribution >= 4 is 33.5 Å². The number of nitrogens with two attached hydrogens (primary N) is 1. The van der Waals surface area contributed by atoms with Crippen LogP contribution in [0.1, 0.15) is 29.3 Å². The van der Waals surface area contributed by atoms with Crippen LogP contribution in [-0.4, -0.2) is 25.0 Å². The van der Waals surface area contributed by atoms with E-state index in [1.54, 1.807) is 26.0 Å². The number of nitrogen functional groups attached to an aromatic ring is 1. The van der Waals surface area contributed by atoms with E-state index in [0.29, 0.717) is 17.9 Å². The molecule has 1 aromatic carbocycles. The summed E-state index contributed by atoms with van der Waals surface area (Å²) < 4.78 is 5.52. The minimum atomic E-state index is -0.326. The number of anilines is 1. The average molecular weight is 329 g/mol. The van der Waals surface area contributed by atoms with Crippen LogP contribution in [0.2, 0.25) is 0 Å². The summed E-state index contributed by atoms with van der Waals surface area (Å²) in [6.45, 7) is 4.10. The van der Waals surface area contributed by atoms with Crippen LogP contribution in [0.15, 0.2) is 16.6 Å². The molecule has 0 heterocycles. The molecule has 0 aliphatic carbocycles. The normalized spacial score (nSPS) is 10.1. The highest BCUT2D eigenvalue weighted by atomic mass is 79.9. The van der Waals surface area contributed by atoms with E-state index >= 15 is 0 Å². The van der Waals surface area contributed by atoms with Gasteiger partial charge in [-0.2, -0.15) is 0 Å². The van der Waals surface area contributed by atoms with Gasteiger partial charge in [0.25, 0.3) is 5.91 Å². The lowest BCUT2D eigenvalue weighted by Crippen LogP contribution is -2.27. The number of esters is 1. The van der Waals surface area contributed by atoms with Gasteiger partial charge < -0.3 is 15.8 Å². The number of hydrogen-bond donors (Lipinski definition) is 2. The maximum Gasteiger partial charge on any atom is 0.307 e. The summed E-state index contributed by atoms with van der Waals surface area (Å²) in [7, 11) is 0. The summed E-state index contributed by atoms with van der Waals surface area (Å²) in [6.07, 6.45) is 0.155. The van der Waals surface area contributed by atoms with Crippen molar-refractivity contribution in [3.05, 3.63) is 27.7 Å². The van der Waals surface area contributed by atoms with E-state index in [2.05, 4.69) is 21.2 Å². The average Bonchev–Trinajstić information content (AvgIpc) is 2.33. The number of hydrogen-bond acceptors (Lipinski definition) is 4. The summed E-state index contributed by atoms with van der Waals surface area (Å²) in [4.78, 5) is 23.1. The van der Waals surface area contributed by atoms with Gasteiger partial charge in [-0.05, 0) is 31.5 Å². The van der Waals surface area contributed by atoms with Crippen LogP contribution in [0.4, 0.5) is 5.69 Å². The van der Waals surface area contributed by atoms with Crippen LogP contribution in [0.25, 0.3) is 0 Å². The Morgan fingerprint density at radius 3 is 2.74 bits per heavy atom. The second-order valence-electron chi connectivity index (χ2n) is 3.98. The number of benzene rings is 1. The third-order valence-electron chi connectivity index (χ3n) is 2.58. The predicted molar refractivity (Wildman–Crippen MR) is 76.9 cm³/mol. The molecular formula is C13H17BrN2O3. The number of halogens is 1. The molecule has 104 valence electrons. The van der Waals surface area contributed by atoms with Gasteiger partial charge in [0, 0.05) is 22.3 Å². The van der Waals surface area contributed by atoms with Crippen molar-refractivity contribution < 1.29 is 14.3 Å². The smallest absolute Gasteiger partial charge is 0.307 e. The molecule has 0 spiro atoms. The molecule has 5 nitrogen and oxygen atoms in total. The van der Waals surface area contributed by atoms with Gasteiger partial charge in [0.2, 0.25) is 0 Å². The number of ether oxygens (including phenoxy) is 1. The lowest BCUT2D eigenvalue weighted by Gasteiger charge is -2.10. The van der Waals surface area contributed by atoms with Crippen LogP contribution in [0, 0.1) is 6.92 Å². The van der Waals surface area contributed by atoms with E-state index in [4.69, 9.17) is 10.5 Å². The molecule has 0 atom stereocenters. The van der Waals surface area contributed by atoms with Crippen molar-refractivity contribution in [2.24, 2.45) is 0 Å². The highest BCUT2D eigenvalue weighted by Gasteiger charge is 2.12. The van der Waals surface area contributed by atoms with Crippen molar-refractivity contribution in [2.45, 2.75) is 20.3 Å². The largest absolute Gasteiger partial charge is 0.466 e. The zero-order valence-corrected chi connectivity index (χ0v) is 12.5. The first-order valence-corrected chi connectivity index (χ1v) is 6.74. The molecule has 0 unspecified atom stereocenters. The lowest BCUT2D eigenvalue weighted by molar-refractivity contribution is -0.142. The van der Waals surface area contributed by atoms with E-state index < -0.39 is 0 Å². The Kier molecular flexibility index (Phi) is 5.82. The molecule has 3 N–H and O–H groups in total. The minimum Gasteiger partial charge on any atom is -0.466 e. The van der Waals surface area contributed by atoms with Gasteiger partial charge in [-0.25, -0.2) is 0 Å². The van der Waals surface area contributed by atoms with Crippen molar-refractivity contribution in [1.82, 2.24) is 5.32 Å². The van der Waals surface area contributed by atoms with E-state index in [1.165, 1.54) is 0 Å². The third kappa shape index (κ3) is 4.55. The summed E-state index contributed by atoms with van der Waals surface area (Å²) in [6, 6.07) is 3.44. The van der Waals surface area contributed by atoms with Gasteiger partial charge in [-0.3, -0.25) is 9.59 Å². The highest BCUT2D eigenvalue weighted by Crippen LogP contribution is 2.22. The zero-order valence-electron chi connectivity index (χ0n) is 11.0. The van der Waals surface area contributed by atoms with Crippen LogP contribution in [0.5, 0.6) is 0 Å². The van der Waals surface area contributed by atoms with E-state index in [-0.39, 0.29) is 24.8 Å². The van der Waals surface area contributed by atoms with Gasteiger partial charge in [-0.1, -0.05) is 15.9 Å². The zero-order chi connectivity index (χ0) is 14.4. The predicted octanol–water partition coefficient (Wildman–Crippen LogP) is 2.02. The molecule has 0 aliphatic heterocycles. The fraction of sp³-hybridized carbons (Fsp3) is 0.385. The van der Waals surface area contributed by atoms with Gasteiger partial charge in [0.05, 0.1) is 13.0 Å². The first-order valence-electron chi connectivity index (χ1n) is 5.95. The van der Waals surface area contributed by atoms with Crippen LogP contribution in [-0.2, 0) is 9.53 Å². The molecule has 6 heteroatoms. The summed E-state index contributed by atoms with van der Waals surface area (Å²) in [5.74, 6) is -0.580. The molecule has 1 amide bonds. The number of carbonyl (C=O) groups excluding carboxylic acids is 2. The Balaban J connectivity index is 2.62. The molecule has 1 aromatic rings. The van der Waals surface area contributed by atoms with Crippen molar-refractivity contribution in [3.63, 3.8) is 0 Å². The lowest BCUT2D eigenvalue weighted by atomic mass is 10.1. The second-order valence-corrected chi connectivity index (χ2v) is 4.89. The molecule has 0 fully saturated rings. The Labute approximate surface area is 120 Å². The molecule has 0 radical (unpaired) electrons. The van der Waals surface area contributed by atoms with E-state index in [1.807, 2.05) is 0 Å². The SMILES string of the molecule is CCOC(=O)CCNC(=O)c1cc(Br)cc(N)c1C. The third-order valence-corrected chi connectivity index (χ3v) is 3.04. The summed E-state index contributed by atoms with van der Waals surface area (Å²) in [5.41, 5.74) is 7.55. The minimum absolute atomic E-state index is 0.155. The molecule has 19 heavy (non-hydrogen) atoms. The van der Waals surface area contributed by atoms with Crippen molar-refractivity contribution in [1.29, 1.82) is 0 Å². The first kappa shape index (κ1) is 15.5. The maximum atomic E-state index is 12.0. The topological polar surface area (TPSA) is 81.4 Å². The fourth-order valence-electron chi connectivity index (χ4n) is 1.54. The van der Waals surface area contributed by atoms with E-state index in [0.717, 1.165) is 10.0 Å². The highest BCUT2D eigenvalue weighted by molar-refractivity contribution is 9.10. The molecule has 0 aromatic heterocycles. The van der Waals surface area contributed by atoms with Gasteiger partial charge in [0.15, 0.2) is 0 Å². The van der Waals surface area contributed by atoms with Crippen LogP contribution in [0.3, 0.4) is 0 Å². The molecule has 0 aliphatic rings. The molecule has 0 saturated heterocycles. The first-order chi connectivity index (χ1) is 8.95. The molecule has 0 bridgehead atoms. The van der Waals surface area contributed by atoms with E-state index in [9.17, 15) is 9.59 Å². The quantitative estimate of drug-likeness (QED) is 0.640. The molecule has 0 saturated carbocycles. The Morgan fingerprint density at radius 1 is 1.42 bits per heavy atom. The number of nitrogens with one attached hydrogen (secondary N) is 1. The van der Waals surface area contributed by atoms with Crippen LogP contribution >= 0.6 is 15.9 Å². The number of rotatable bonds is 5. The Hall–Kier alpha value is -1.56. The fourth-order valence-corrected chi connectivity index (χ4v) is 2.02. The summed E-state index contributed by atoms with van der Waals surface area (Å²) in [5, 5.41) is 2.67. The Bertz CT molecular complexity index is 489. The second kappa shape index (κ2) is 7.13. The molecular weight excluding hydrogens is 312 g/mol. The maximum absolute atomic E-state index is 12.0. The number of amides is 1.